The van der Waals surface area contributed by atoms with Crippen molar-refractivity contribution in [2.24, 2.45) is 5.92 Å². The van der Waals surface area contributed by atoms with E-state index < -0.39 is 5.79 Å². The van der Waals surface area contributed by atoms with Crippen molar-refractivity contribution >= 4 is 0 Å². The van der Waals surface area contributed by atoms with Gasteiger partial charge in [0.2, 0.25) is 0 Å². The predicted octanol–water partition coefficient (Wildman–Crippen LogP) is 0.277. The minimum Gasteiger partial charge on any atom is -0.390 e. The van der Waals surface area contributed by atoms with Gasteiger partial charge >= 0.3 is 0 Å². The van der Waals surface area contributed by atoms with Crippen molar-refractivity contribution in [3.05, 3.63) is 0 Å². The van der Waals surface area contributed by atoms with Crippen molar-refractivity contribution in [2.75, 3.05) is 13.2 Å². The summed E-state index contributed by atoms with van der Waals surface area (Å²) in [6.07, 6.45) is 2.53. The first kappa shape index (κ1) is 10.7. The van der Waals surface area contributed by atoms with Gasteiger partial charge in [-0.15, -0.1) is 0 Å². The maximum absolute atomic E-state index is 10.2. The molecule has 4 aliphatic rings. The molecular weight excluding hydrogens is 222 g/mol. The van der Waals surface area contributed by atoms with Gasteiger partial charge in [-0.1, -0.05) is 0 Å². The van der Waals surface area contributed by atoms with Crippen molar-refractivity contribution in [3.63, 3.8) is 0 Å². The fourth-order valence-electron chi connectivity index (χ4n) is 4.13. The molecule has 5 atom stereocenters. The van der Waals surface area contributed by atoms with Crippen LogP contribution in [0.5, 0.6) is 0 Å². The molecule has 4 aliphatic heterocycles. The van der Waals surface area contributed by atoms with Gasteiger partial charge in [-0.2, -0.15) is 5.06 Å². The molecule has 0 unspecified atom stereocenters. The van der Waals surface area contributed by atoms with E-state index in [9.17, 15) is 5.11 Å². The van der Waals surface area contributed by atoms with Gasteiger partial charge in [0.1, 0.15) is 6.10 Å². The minimum absolute atomic E-state index is 0.132. The standard InChI is InChI=1S/C12H19NO4/c1-12(15-4-5-16-12)10-8-3-2-7-6-9(14)11(10)17-13(7)8/h7-11,14H,2-6H2,1H3/t7-,8-,9+,10+,11+/m1/s1. The van der Waals surface area contributed by atoms with Crippen LogP contribution in [0.1, 0.15) is 26.2 Å². The van der Waals surface area contributed by atoms with Crippen molar-refractivity contribution in [3.8, 4) is 0 Å². The van der Waals surface area contributed by atoms with Crippen molar-refractivity contribution in [1.29, 1.82) is 0 Å². The van der Waals surface area contributed by atoms with Crippen LogP contribution in [0.25, 0.3) is 0 Å². The molecule has 5 heteroatoms. The summed E-state index contributed by atoms with van der Waals surface area (Å²) in [5.41, 5.74) is 0. The van der Waals surface area contributed by atoms with Gasteiger partial charge in [0, 0.05) is 12.1 Å². The Bertz CT molecular complexity index is 328. The molecule has 4 fully saturated rings. The largest absolute Gasteiger partial charge is 0.390 e. The lowest BCUT2D eigenvalue weighted by Gasteiger charge is -2.37. The molecule has 0 aromatic carbocycles. The molecule has 1 N–H and O–H groups in total. The molecule has 0 saturated carbocycles. The number of hydroxylamine groups is 2. The SMILES string of the molecule is CC1([C@@H]2[C@H]3ON4[C@H](CC[C@H]24)C[C@@H]3O)OCCO1. The molecule has 0 spiro atoms. The first-order valence-corrected chi connectivity index (χ1v) is 6.60. The third-order valence-electron chi connectivity index (χ3n) is 4.85. The third kappa shape index (κ3) is 1.32. The number of aliphatic hydroxyl groups is 1. The average Bonchev–Trinajstić information content (AvgIpc) is 2.92. The fourth-order valence-corrected chi connectivity index (χ4v) is 4.13. The molecule has 96 valence electrons. The van der Waals surface area contributed by atoms with E-state index in [1.807, 2.05) is 6.92 Å². The van der Waals surface area contributed by atoms with E-state index in [1.54, 1.807) is 0 Å². The molecule has 4 heterocycles. The van der Waals surface area contributed by atoms with Crippen LogP contribution in [0.15, 0.2) is 0 Å². The highest BCUT2D eigenvalue weighted by molar-refractivity contribution is 5.07. The maximum atomic E-state index is 10.2. The second-order valence-corrected chi connectivity index (χ2v) is 5.77. The molecule has 17 heavy (non-hydrogen) atoms. The number of fused-ring (bicyclic) bond motifs is 1. The van der Waals surface area contributed by atoms with Crippen LogP contribution < -0.4 is 0 Å². The van der Waals surface area contributed by atoms with Crippen LogP contribution in [-0.4, -0.2) is 53.5 Å². The summed E-state index contributed by atoms with van der Waals surface area (Å²) in [5.74, 6) is -0.447. The third-order valence-corrected chi connectivity index (χ3v) is 4.85. The molecule has 0 aromatic heterocycles. The first-order valence-electron chi connectivity index (χ1n) is 6.60. The van der Waals surface area contributed by atoms with E-state index in [0.717, 1.165) is 19.3 Å². The summed E-state index contributed by atoms with van der Waals surface area (Å²) in [5, 5.41) is 12.3. The summed E-state index contributed by atoms with van der Waals surface area (Å²) >= 11 is 0. The smallest absolute Gasteiger partial charge is 0.172 e. The Balaban J connectivity index is 1.70. The number of ether oxygens (including phenoxy) is 2. The highest BCUT2D eigenvalue weighted by Gasteiger charge is 2.63. The Labute approximate surface area is 101 Å². The topological polar surface area (TPSA) is 51.2 Å². The monoisotopic (exact) mass is 241 g/mol. The van der Waals surface area contributed by atoms with Crippen LogP contribution in [0, 0.1) is 5.92 Å². The maximum Gasteiger partial charge on any atom is 0.172 e. The summed E-state index contributed by atoms with van der Waals surface area (Å²) in [6, 6.07) is 0.742. The van der Waals surface area contributed by atoms with Gasteiger partial charge in [-0.3, -0.25) is 4.84 Å². The number of nitrogens with zero attached hydrogens (tertiary/aromatic N) is 1. The van der Waals surface area contributed by atoms with Gasteiger partial charge in [0.15, 0.2) is 5.79 Å². The summed E-state index contributed by atoms with van der Waals surface area (Å²) < 4.78 is 11.6. The van der Waals surface area contributed by atoms with Gasteiger partial charge in [0.25, 0.3) is 0 Å². The Hall–Kier alpha value is -0.200. The lowest BCUT2D eigenvalue weighted by atomic mass is 9.82. The Kier molecular flexibility index (Phi) is 2.15. The summed E-state index contributed by atoms with van der Waals surface area (Å²) in [7, 11) is 0. The molecule has 5 nitrogen and oxygen atoms in total. The second-order valence-electron chi connectivity index (χ2n) is 5.77. The number of hydrogen-bond donors (Lipinski definition) is 1. The van der Waals surface area contributed by atoms with Crippen LogP contribution in [0.4, 0.5) is 0 Å². The average molecular weight is 241 g/mol. The molecule has 0 radical (unpaired) electrons. The van der Waals surface area contributed by atoms with E-state index in [4.69, 9.17) is 14.3 Å². The van der Waals surface area contributed by atoms with Crippen LogP contribution in [0.2, 0.25) is 0 Å². The Morgan fingerprint density at radius 2 is 2.00 bits per heavy atom. The number of rotatable bonds is 1. The van der Waals surface area contributed by atoms with Crippen LogP contribution in [0.3, 0.4) is 0 Å². The highest BCUT2D eigenvalue weighted by Crippen LogP contribution is 2.51. The number of hydrogen-bond acceptors (Lipinski definition) is 5. The predicted molar refractivity (Wildman–Crippen MR) is 57.9 cm³/mol. The molecule has 0 amide bonds. The van der Waals surface area contributed by atoms with E-state index in [1.165, 1.54) is 0 Å². The second kappa shape index (κ2) is 3.42. The first-order chi connectivity index (χ1) is 8.19. The Morgan fingerprint density at radius 3 is 2.76 bits per heavy atom. The van der Waals surface area contributed by atoms with Crippen molar-refractivity contribution < 1.29 is 19.4 Å². The van der Waals surface area contributed by atoms with Crippen molar-refractivity contribution in [1.82, 2.24) is 5.06 Å². The Morgan fingerprint density at radius 1 is 1.24 bits per heavy atom. The molecule has 4 saturated heterocycles. The van der Waals surface area contributed by atoms with E-state index in [-0.39, 0.29) is 18.1 Å². The lowest BCUT2D eigenvalue weighted by Crippen LogP contribution is -2.49. The van der Waals surface area contributed by atoms with E-state index in [2.05, 4.69) is 5.06 Å². The number of aliphatic hydroxyl groups excluding tert-OH is 1. The molecule has 0 aromatic rings. The molecular formula is C12H19NO4. The molecule has 4 rings (SSSR count). The van der Waals surface area contributed by atoms with Crippen molar-refractivity contribution in [2.45, 2.75) is 56.3 Å². The van der Waals surface area contributed by atoms with Gasteiger partial charge in [0.05, 0.1) is 25.2 Å². The fraction of sp³-hybridized carbons (Fsp3) is 1.00. The molecule has 2 bridgehead atoms. The highest BCUT2D eigenvalue weighted by atomic mass is 16.8. The zero-order valence-electron chi connectivity index (χ0n) is 10.0. The lowest BCUT2D eigenvalue weighted by molar-refractivity contribution is -0.246. The molecule has 0 aliphatic carbocycles. The van der Waals surface area contributed by atoms with Gasteiger partial charge in [-0.25, -0.2) is 0 Å². The van der Waals surface area contributed by atoms with Crippen LogP contribution in [-0.2, 0) is 14.3 Å². The zero-order chi connectivity index (χ0) is 11.6. The summed E-state index contributed by atoms with van der Waals surface area (Å²) in [6.45, 7) is 3.29. The van der Waals surface area contributed by atoms with Gasteiger partial charge < -0.3 is 14.6 Å². The zero-order valence-corrected chi connectivity index (χ0v) is 10.0. The normalized spacial score (nSPS) is 52.2. The van der Waals surface area contributed by atoms with Crippen LogP contribution >= 0.6 is 0 Å². The van der Waals surface area contributed by atoms with E-state index in [0.29, 0.717) is 25.3 Å². The quantitative estimate of drug-likeness (QED) is 0.714. The minimum atomic E-state index is -0.579. The summed E-state index contributed by atoms with van der Waals surface area (Å²) in [4.78, 5) is 5.91. The van der Waals surface area contributed by atoms with Gasteiger partial charge in [-0.05, 0) is 26.2 Å². The van der Waals surface area contributed by atoms with E-state index >= 15 is 0 Å².